The SMILES string of the molecule is CC(=O)C(CC1(C)C(Cl)C1(Cl)Cl)C(C)=O. The molecule has 0 aromatic carbocycles. The Balaban J connectivity index is 2.78. The van der Waals surface area contributed by atoms with E-state index in [9.17, 15) is 9.59 Å². The number of hydrogen-bond donors (Lipinski definition) is 0. The molecule has 1 aliphatic carbocycles. The lowest BCUT2D eigenvalue weighted by atomic mass is 9.88. The van der Waals surface area contributed by atoms with Gasteiger partial charge in [-0.3, -0.25) is 9.59 Å². The van der Waals surface area contributed by atoms with E-state index in [4.69, 9.17) is 34.8 Å². The van der Waals surface area contributed by atoms with Crippen molar-refractivity contribution in [2.24, 2.45) is 11.3 Å². The van der Waals surface area contributed by atoms with Crippen LogP contribution in [0.5, 0.6) is 0 Å². The average molecular weight is 272 g/mol. The van der Waals surface area contributed by atoms with Crippen LogP contribution in [0.1, 0.15) is 27.2 Å². The molecule has 0 amide bonds. The minimum Gasteiger partial charge on any atom is -0.299 e. The Labute approximate surface area is 104 Å². The molecule has 0 saturated heterocycles. The number of hydrogen-bond acceptors (Lipinski definition) is 2. The highest BCUT2D eigenvalue weighted by Gasteiger charge is 2.73. The van der Waals surface area contributed by atoms with Gasteiger partial charge in [-0.15, -0.1) is 11.6 Å². The number of ketones is 2. The van der Waals surface area contributed by atoms with Crippen molar-refractivity contribution in [1.29, 1.82) is 0 Å². The molecule has 0 heterocycles. The predicted molar refractivity (Wildman–Crippen MR) is 61.7 cm³/mol. The van der Waals surface area contributed by atoms with Gasteiger partial charge < -0.3 is 0 Å². The number of carbonyl (C=O) groups is 2. The van der Waals surface area contributed by atoms with Crippen molar-refractivity contribution < 1.29 is 9.59 Å². The zero-order valence-corrected chi connectivity index (χ0v) is 11.1. The molecule has 1 rings (SSSR count). The first-order valence-corrected chi connectivity index (χ1v) is 5.86. The zero-order chi connectivity index (χ0) is 12.0. The third-order valence-corrected chi connectivity index (χ3v) is 5.50. The normalized spacial score (nSPS) is 32.9. The molecule has 0 aliphatic heterocycles. The van der Waals surface area contributed by atoms with Gasteiger partial charge in [-0.1, -0.05) is 30.1 Å². The first kappa shape index (κ1) is 13.3. The summed E-state index contributed by atoms with van der Waals surface area (Å²) in [4.78, 5) is 22.5. The van der Waals surface area contributed by atoms with Crippen molar-refractivity contribution in [1.82, 2.24) is 0 Å². The zero-order valence-electron chi connectivity index (χ0n) is 8.81. The van der Waals surface area contributed by atoms with Crippen molar-refractivity contribution in [3.05, 3.63) is 0 Å². The van der Waals surface area contributed by atoms with Crippen LogP contribution in [-0.4, -0.2) is 21.3 Å². The summed E-state index contributed by atoms with van der Waals surface area (Å²) in [5.74, 6) is -0.970. The van der Waals surface area contributed by atoms with Crippen LogP contribution in [0.15, 0.2) is 0 Å². The molecule has 2 unspecified atom stereocenters. The maximum absolute atomic E-state index is 11.3. The van der Waals surface area contributed by atoms with Gasteiger partial charge in [0.1, 0.15) is 15.9 Å². The fraction of sp³-hybridized carbons (Fsp3) is 0.800. The minimum atomic E-state index is -1.03. The quantitative estimate of drug-likeness (QED) is 0.582. The molecule has 86 valence electrons. The second kappa shape index (κ2) is 3.90. The van der Waals surface area contributed by atoms with Crippen LogP contribution < -0.4 is 0 Å². The maximum atomic E-state index is 11.3. The van der Waals surface area contributed by atoms with Crippen LogP contribution in [0.2, 0.25) is 0 Å². The first-order valence-electron chi connectivity index (χ1n) is 4.67. The Bertz CT molecular complexity index is 300. The predicted octanol–water partition coefficient (Wildman–Crippen LogP) is 2.97. The van der Waals surface area contributed by atoms with E-state index >= 15 is 0 Å². The summed E-state index contributed by atoms with van der Waals surface area (Å²) >= 11 is 17.9. The van der Waals surface area contributed by atoms with Crippen molar-refractivity contribution in [2.45, 2.75) is 36.9 Å². The van der Waals surface area contributed by atoms with Crippen LogP contribution in [0.4, 0.5) is 0 Å². The van der Waals surface area contributed by atoms with Gasteiger partial charge in [-0.05, 0) is 20.3 Å². The standard InChI is InChI=1S/C10H13Cl3O2/c1-5(14)7(6(2)15)4-9(3)8(11)10(9,12)13/h7-8H,4H2,1-3H3. The Morgan fingerprint density at radius 3 is 1.80 bits per heavy atom. The van der Waals surface area contributed by atoms with Crippen LogP contribution in [0.3, 0.4) is 0 Å². The van der Waals surface area contributed by atoms with Gasteiger partial charge in [0.2, 0.25) is 0 Å². The fourth-order valence-electron chi connectivity index (χ4n) is 1.77. The van der Waals surface area contributed by atoms with Crippen molar-refractivity contribution in [3.63, 3.8) is 0 Å². The molecule has 0 bridgehead atoms. The molecule has 15 heavy (non-hydrogen) atoms. The summed E-state index contributed by atoms with van der Waals surface area (Å²) in [6, 6.07) is 0. The molecular formula is C10H13Cl3O2. The highest BCUT2D eigenvalue weighted by atomic mass is 35.5. The smallest absolute Gasteiger partial charge is 0.142 e. The third kappa shape index (κ3) is 2.04. The Kier molecular flexibility index (Phi) is 3.45. The monoisotopic (exact) mass is 270 g/mol. The minimum absolute atomic E-state index is 0.163. The van der Waals surface area contributed by atoms with Crippen LogP contribution in [-0.2, 0) is 9.59 Å². The lowest BCUT2D eigenvalue weighted by Gasteiger charge is -2.16. The third-order valence-electron chi connectivity index (χ3n) is 3.17. The molecule has 1 aliphatic rings. The van der Waals surface area contributed by atoms with E-state index in [0.717, 1.165) is 0 Å². The lowest BCUT2D eigenvalue weighted by Crippen LogP contribution is -2.24. The van der Waals surface area contributed by atoms with E-state index in [1.807, 2.05) is 0 Å². The summed E-state index contributed by atoms with van der Waals surface area (Å²) in [7, 11) is 0. The molecule has 0 aromatic heterocycles. The second-order valence-corrected chi connectivity index (χ2v) is 6.20. The van der Waals surface area contributed by atoms with Gasteiger partial charge in [0, 0.05) is 5.41 Å². The maximum Gasteiger partial charge on any atom is 0.142 e. The second-order valence-electron chi connectivity index (χ2n) is 4.38. The van der Waals surface area contributed by atoms with Gasteiger partial charge in [-0.2, -0.15) is 0 Å². The molecule has 0 aromatic rings. The van der Waals surface area contributed by atoms with Gasteiger partial charge in [-0.25, -0.2) is 0 Å². The largest absolute Gasteiger partial charge is 0.299 e. The summed E-state index contributed by atoms with van der Waals surface area (Å²) < 4.78 is -1.03. The summed E-state index contributed by atoms with van der Waals surface area (Å²) in [6.07, 6.45) is 0.318. The number of alkyl halides is 3. The molecule has 1 fully saturated rings. The van der Waals surface area contributed by atoms with Crippen LogP contribution >= 0.6 is 34.8 Å². The topological polar surface area (TPSA) is 34.1 Å². The van der Waals surface area contributed by atoms with Gasteiger partial charge in [0.25, 0.3) is 0 Å². The summed E-state index contributed by atoms with van der Waals surface area (Å²) in [6.45, 7) is 4.58. The lowest BCUT2D eigenvalue weighted by molar-refractivity contribution is -0.131. The van der Waals surface area contributed by atoms with Crippen LogP contribution in [0, 0.1) is 11.3 Å². The van der Waals surface area contributed by atoms with Gasteiger partial charge in [0.15, 0.2) is 0 Å². The van der Waals surface area contributed by atoms with Crippen LogP contribution in [0.25, 0.3) is 0 Å². The molecule has 2 nitrogen and oxygen atoms in total. The summed E-state index contributed by atoms with van der Waals surface area (Å²) in [5.41, 5.74) is -0.556. The Morgan fingerprint density at radius 2 is 1.60 bits per heavy atom. The van der Waals surface area contributed by atoms with Crippen molar-refractivity contribution >= 4 is 46.4 Å². The number of rotatable bonds is 4. The molecule has 5 heteroatoms. The molecule has 0 spiro atoms. The highest BCUT2D eigenvalue weighted by Crippen LogP contribution is 2.69. The molecule has 0 radical (unpaired) electrons. The molecule has 1 saturated carbocycles. The summed E-state index contributed by atoms with van der Waals surface area (Å²) in [5, 5.41) is -0.408. The fourth-order valence-corrected chi connectivity index (χ4v) is 3.07. The number of carbonyl (C=O) groups excluding carboxylic acids is 2. The molecular weight excluding hydrogens is 258 g/mol. The average Bonchev–Trinajstić information content (AvgIpc) is 2.46. The molecule has 0 N–H and O–H groups in total. The van der Waals surface area contributed by atoms with Crippen molar-refractivity contribution in [3.8, 4) is 0 Å². The van der Waals surface area contributed by atoms with Gasteiger partial charge in [0.05, 0.1) is 11.3 Å². The Hall–Kier alpha value is 0.210. The Morgan fingerprint density at radius 1 is 1.27 bits per heavy atom. The number of Topliss-reactive ketones (excluding diaryl/α,β-unsaturated/α-hetero) is 2. The van der Waals surface area contributed by atoms with Crippen molar-refractivity contribution in [2.75, 3.05) is 0 Å². The molecule has 2 atom stereocenters. The van der Waals surface area contributed by atoms with E-state index in [0.29, 0.717) is 6.42 Å². The van der Waals surface area contributed by atoms with E-state index in [2.05, 4.69) is 0 Å². The number of halogens is 3. The van der Waals surface area contributed by atoms with E-state index < -0.39 is 21.0 Å². The van der Waals surface area contributed by atoms with Gasteiger partial charge >= 0.3 is 0 Å². The van der Waals surface area contributed by atoms with E-state index in [1.54, 1.807) is 6.92 Å². The van der Waals surface area contributed by atoms with E-state index in [1.165, 1.54) is 13.8 Å². The first-order chi connectivity index (χ1) is 6.64. The highest BCUT2D eigenvalue weighted by molar-refractivity contribution is 6.57. The van der Waals surface area contributed by atoms with E-state index in [-0.39, 0.29) is 11.6 Å².